The van der Waals surface area contributed by atoms with Crippen LogP contribution >= 0.6 is 11.6 Å². The minimum Gasteiger partial charge on any atom is -0.396 e. The van der Waals surface area contributed by atoms with Gasteiger partial charge in [-0.15, -0.1) is 0 Å². The smallest absolute Gasteiger partial charge is 0.396 e. The van der Waals surface area contributed by atoms with Gasteiger partial charge in [0.2, 0.25) is 0 Å². The van der Waals surface area contributed by atoms with Crippen LogP contribution in [-0.2, 0) is 11.3 Å². The highest BCUT2D eigenvalue weighted by atomic mass is 35.5. The van der Waals surface area contributed by atoms with Gasteiger partial charge < -0.3 is 15.2 Å². The lowest BCUT2D eigenvalue weighted by atomic mass is 9.87. The van der Waals surface area contributed by atoms with Crippen LogP contribution in [0.5, 0.6) is 0 Å². The third-order valence-electron chi connectivity index (χ3n) is 3.99. The first-order valence-electron chi connectivity index (χ1n) is 7.98. The van der Waals surface area contributed by atoms with Crippen LogP contribution in [0.15, 0.2) is 24.7 Å². The van der Waals surface area contributed by atoms with Crippen LogP contribution in [0.1, 0.15) is 11.1 Å². The summed E-state index contributed by atoms with van der Waals surface area (Å²) in [4.78, 5) is 3.98. The summed E-state index contributed by atoms with van der Waals surface area (Å²) in [5.74, 6) is 5.63. The molecule has 0 saturated carbocycles. The van der Waals surface area contributed by atoms with Crippen molar-refractivity contribution >= 4 is 17.3 Å². The molecule has 0 radical (unpaired) electrons. The quantitative estimate of drug-likeness (QED) is 0.595. The van der Waals surface area contributed by atoms with Gasteiger partial charge in [-0.05, 0) is 6.07 Å². The molecule has 3 heterocycles. The van der Waals surface area contributed by atoms with E-state index in [1.807, 2.05) is 0 Å². The average molecular weight is 401 g/mol. The maximum Gasteiger partial charge on any atom is 0.408 e. The molecule has 0 aliphatic carbocycles. The van der Waals surface area contributed by atoms with Gasteiger partial charge >= 0.3 is 6.18 Å². The predicted molar refractivity (Wildman–Crippen MR) is 92.3 cm³/mol. The van der Waals surface area contributed by atoms with E-state index >= 15 is 0 Å². The van der Waals surface area contributed by atoms with Crippen LogP contribution in [0.25, 0.3) is 0 Å². The van der Waals surface area contributed by atoms with Crippen molar-refractivity contribution in [1.29, 1.82) is 0 Å². The molecule has 3 rings (SSSR count). The molecule has 1 saturated heterocycles. The van der Waals surface area contributed by atoms with Crippen LogP contribution in [0.2, 0.25) is 5.15 Å². The minimum absolute atomic E-state index is 0.0157. The van der Waals surface area contributed by atoms with Gasteiger partial charge in [-0.3, -0.25) is 4.68 Å². The Bertz CT molecular complexity index is 864. The van der Waals surface area contributed by atoms with Crippen molar-refractivity contribution in [2.75, 3.05) is 31.7 Å². The number of anilines is 1. The van der Waals surface area contributed by atoms with Crippen LogP contribution in [0.3, 0.4) is 0 Å². The summed E-state index contributed by atoms with van der Waals surface area (Å²) in [5.41, 5.74) is 1.14. The van der Waals surface area contributed by atoms with E-state index in [0.29, 0.717) is 36.6 Å². The third-order valence-corrected chi connectivity index (χ3v) is 4.20. The Hall–Kier alpha value is -2.28. The second-order valence-corrected chi connectivity index (χ2v) is 6.74. The van der Waals surface area contributed by atoms with Gasteiger partial charge in [0.15, 0.2) is 0 Å². The molecule has 0 atom stereocenters. The van der Waals surface area contributed by atoms with Gasteiger partial charge in [-0.25, -0.2) is 4.98 Å². The molecule has 2 N–H and O–H groups in total. The number of halogens is 4. The molecule has 0 bridgehead atoms. The maximum absolute atomic E-state index is 12.4. The molecule has 2 aromatic rings. The number of nitrogens with zero attached hydrogens (tertiary/aromatic N) is 3. The average Bonchev–Trinajstić information content (AvgIpc) is 2.99. The molecule has 144 valence electrons. The number of aliphatic hydroxyl groups excluding tert-OH is 1. The minimum atomic E-state index is -4.35. The number of hydrogen-bond donors (Lipinski definition) is 2. The number of hydrogen-bond acceptors (Lipinski definition) is 5. The van der Waals surface area contributed by atoms with Crippen molar-refractivity contribution in [2.45, 2.75) is 12.7 Å². The molecular weight excluding hydrogens is 385 g/mol. The molecule has 0 unspecified atom stereocenters. The van der Waals surface area contributed by atoms with Gasteiger partial charge in [0.1, 0.15) is 11.7 Å². The Morgan fingerprint density at radius 2 is 2.11 bits per heavy atom. The number of ether oxygens (including phenoxy) is 1. The Morgan fingerprint density at radius 3 is 2.74 bits per heavy atom. The lowest BCUT2D eigenvalue weighted by Crippen LogP contribution is -2.50. The molecule has 27 heavy (non-hydrogen) atoms. The highest BCUT2D eigenvalue weighted by Crippen LogP contribution is 2.28. The molecule has 0 amide bonds. The van der Waals surface area contributed by atoms with Crippen molar-refractivity contribution in [3.8, 4) is 11.8 Å². The summed E-state index contributed by atoms with van der Waals surface area (Å²) >= 11 is 5.94. The van der Waals surface area contributed by atoms with Gasteiger partial charge in [-0.2, -0.15) is 18.3 Å². The van der Waals surface area contributed by atoms with E-state index in [1.54, 1.807) is 6.07 Å². The van der Waals surface area contributed by atoms with E-state index in [1.165, 1.54) is 18.6 Å². The van der Waals surface area contributed by atoms with Gasteiger partial charge in [-0.1, -0.05) is 23.4 Å². The maximum atomic E-state index is 12.4. The van der Waals surface area contributed by atoms with Gasteiger partial charge in [0.25, 0.3) is 0 Å². The SMILES string of the molecule is OCC1(CNc2cc(Cl)ncc2C#Cc2cnn(CC(F)(F)F)c2)COC1. The normalized spacial score (nSPS) is 15.6. The van der Waals surface area contributed by atoms with Gasteiger partial charge in [0.05, 0.1) is 48.2 Å². The summed E-state index contributed by atoms with van der Waals surface area (Å²) in [6, 6.07) is 1.60. The van der Waals surface area contributed by atoms with E-state index in [4.69, 9.17) is 16.3 Å². The zero-order valence-electron chi connectivity index (χ0n) is 14.1. The van der Waals surface area contributed by atoms with Crippen molar-refractivity contribution in [3.63, 3.8) is 0 Å². The first-order valence-corrected chi connectivity index (χ1v) is 8.36. The molecule has 1 aliphatic rings. The van der Waals surface area contributed by atoms with Crippen molar-refractivity contribution in [1.82, 2.24) is 14.8 Å². The Morgan fingerprint density at radius 1 is 1.33 bits per heavy atom. The number of pyridine rings is 1. The van der Waals surface area contributed by atoms with E-state index in [-0.39, 0.29) is 17.2 Å². The molecular formula is C17H16ClF3N4O2. The number of aromatic nitrogens is 3. The summed E-state index contributed by atoms with van der Waals surface area (Å²) in [5, 5.41) is 16.6. The Labute approximate surface area is 158 Å². The van der Waals surface area contributed by atoms with Gasteiger partial charge in [0, 0.05) is 18.9 Å². The zero-order chi connectivity index (χ0) is 19.5. The molecule has 0 aromatic carbocycles. The van der Waals surface area contributed by atoms with Crippen molar-refractivity contribution in [2.24, 2.45) is 5.41 Å². The molecule has 6 nitrogen and oxygen atoms in total. The fourth-order valence-electron chi connectivity index (χ4n) is 2.44. The number of rotatable bonds is 5. The number of aliphatic hydroxyl groups is 1. The number of alkyl halides is 3. The number of nitrogens with one attached hydrogen (secondary N) is 1. The first kappa shape index (κ1) is 19.5. The molecule has 1 aliphatic heterocycles. The van der Waals surface area contributed by atoms with E-state index in [2.05, 4.69) is 27.2 Å². The largest absolute Gasteiger partial charge is 0.408 e. The van der Waals surface area contributed by atoms with Crippen LogP contribution in [-0.4, -0.2) is 52.4 Å². The fraction of sp³-hybridized carbons (Fsp3) is 0.412. The predicted octanol–water partition coefficient (Wildman–Crippen LogP) is 2.31. The molecule has 1 fully saturated rings. The van der Waals surface area contributed by atoms with E-state index in [0.717, 1.165) is 4.68 Å². The molecule has 2 aromatic heterocycles. The van der Waals surface area contributed by atoms with E-state index in [9.17, 15) is 18.3 Å². The second-order valence-electron chi connectivity index (χ2n) is 6.35. The van der Waals surface area contributed by atoms with Crippen molar-refractivity contribution in [3.05, 3.63) is 40.9 Å². The highest BCUT2D eigenvalue weighted by Gasteiger charge is 2.38. The summed E-state index contributed by atoms with van der Waals surface area (Å²) < 4.78 is 43.1. The monoisotopic (exact) mass is 400 g/mol. The molecule has 0 spiro atoms. The standard InChI is InChI=1S/C17H16ClF3N4O2/c18-15-3-14(23-7-16(9-26)10-27-11-16)13(5-22-15)2-1-12-4-24-25(6-12)8-17(19,20)21/h3-6,26H,7-11H2,(H,22,23). The van der Waals surface area contributed by atoms with Crippen LogP contribution in [0, 0.1) is 17.3 Å². The van der Waals surface area contributed by atoms with Crippen LogP contribution < -0.4 is 5.32 Å². The molecule has 10 heteroatoms. The second kappa shape index (κ2) is 7.76. The summed E-state index contributed by atoms with van der Waals surface area (Å²) in [6.07, 6.45) is -0.381. The summed E-state index contributed by atoms with van der Waals surface area (Å²) in [7, 11) is 0. The first-order chi connectivity index (χ1) is 12.8. The van der Waals surface area contributed by atoms with Crippen molar-refractivity contribution < 1.29 is 23.0 Å². The third kappa shape index (κ3) is 5.13. The Kier molecular flexibility index (Phi) is 5.60. The Balaban J connectivity index is 1.75. The summed E-state index contributed by atoms with van der Waals surface area (Å²) in [6.45, 7) is 0.180. The highest BCUT2D eigenvalue weighted by molar-refractivity contribution is 6.29. The lowest BCUT2D eigenvalue weighted by molar-refractivity contribution is -0.142. The van der Waals surface area contributed by atoms with E-state index < -0.39 is 12.7 Å². The topological polar surface area (TPSA) is 72.2 Å². The van der Waals surface area contributed by atoms with Crippen LogP contribution in [0.4, 0.5) is 18.9 Å². The lowest BCUT2D eigenvalue weighted by Gasteiger charge is -2.40. The zero-order valence-corrected chi connectivity index (χ0v) is 14.8. The fourth-order valence-corrected chi connectivity index (χ4v) is 2.59.